The summed E-state index contributed by atoms with van der Waals surface area (Å²) in [6, 6.07) is 36.6. The highest BCUT2D eigenvalue weighted by molar-refractivity contribution is 8.00. The first-order chi connectivity index (χ1) is 23.3. The molecule has 10 heteroatoms. The van der Waals surface area contributed by atoms with Crippen molar-refractivity contribution in [3.8, 4) is 23.0 Å². The van der Waals surface area contributed by atoms with Crippen molar-refractivity contribution in [2.45, 2.75) is 17.1 Å². The number of phenolic OH excluding ortho intramolecular Hbond substituents is 1. The number of rotatable bonds is 12. The number of methoxy groups -OCH3 is 1. The van der Waals surface area contributed by atoms with Crippen molar-refractivity contribution in [1.82, 2.24) is 5.32 Å². The molecule has 0 aromatic heterocycles. The Balaban J connectivity index is 1.25. The maximum atomic E-state index is 13.6. The van der Waals surface area contributed by atoms with E-state index >= 15 is 0 Å². The maximum Gasteiger partial charge on any atom is 0.272 e. The van der Waals surface area contributed by atoms with Crippen LogP contribution >= 0.6 is 11.8 Å². The molecule has 3 amide bonds. The van der Waals surface area contributed by atoms with Gasteiger partial charge in [-0.3, -0.25) is 14.4 Å². The molecule has 0 radical (unpaired) electrons. The Morgan fingerprint density at radius 2 is 1.44 bits per heavy atom. The summed E-state index contributed by atoms with van der Waals surface area (Å²) >= 11 is 1.33. The highest BCUT2D eigenvalue weighted by Gasteiger charge is 2.18. The number of para-hydroxylation sites is 1. The molecule has 1 atom stereocenters. The predicted molar refractivity (Wildman–Crippen MR) is 189 cm³/mol. The van der Waals surface area contributed by atoms with Gasteiger partial charge in [0, 0.05) is 33.5 Å². The Bertz CT molecular complexity index is 1910. The summed E-state index contributed by atoms with van der Waals surface area (Å²) in [5.41, 5.74) is 1.89. The molecule has 0 heterocycles. The third-order valence-corrected chi connectivity index (χ3v) is 8.01. The van der Waals surface area contributed by atoms with Gasteiger partial charge in [0.1, 0.15) is 28.7 Å². The number of hydrogen-bond donors (Lipinski definition) is 4. The summed E-state index contributed by atoms with van der Waals surface area (Å²) in [6.07, 6.45) is 1.47. The van der Waals surface area contributed by atoms with Crippen molar-refractivity contribution in [1.29, 1.82) is 0 Å². The van der Waals surface area contributed by atoms with Crippen LogP contribution < -0.4 is 25.4 Å². The fourth-order valence-corrected chi connectivity index (χ4v) is 5.42. The molecule has 0 saturated heterocycles. The average Bonchev–Trinajstić information content (AvgIpc) is 3.10. The standard InChI is InChI=1S/C38H33N3O6S/c1-25(36(43)39-28-17-20-32(21-18-28)47-31-13-7-4-8-14-31)48-33-15-9-12-29(23-33)40-38(45)34(41-37(44)26-10-5-3-6-11-26)22-27-16-19-30(42)24-35(27)46-2/h3-25,42H,1-2H3,(H,39,43)(H,40,45)(H,41,44)/b34-22+. The van der Waals surface area contributed by atoms with Crippen LogP contribution in [0.3, 0.4) is 0 Å². The molecule has 0 saturated carbocycles. The molecule has 0 bridgehead atoms. The van der Waals surface area contributed by atoms with Crippen LogP contribution in [-0.4, -0.2) is 35.2 Å². The van der Waals surface area contributed by atoms with Gasteiger partial charge < -0.3 is 30.5 Å². The Morgan fingerprint density at radius 1 is 0.750 bits per heavy atom. The highest BCUT2D eigenvalue weighted by atomic mass is 32.2. The number of phenols is 1. The van der Waals surface area contributed by atoms with E-state index in [9.17, 15) is 19.5 Å². The number of aromatic hydroxyl groups is 1. The van der Waals surface area contributed by atoms with Gasteiger partial charge in [-0.25, -0.2) is 0 Å². The Kier molecular flexibility index (Phi) is 11.1. The van der Waals surface area contributed by atoms with Gasteiger partial charge in [-0.1, -0.05) is 42.5 Å². The number of carbonyl (C=O) groups excluding carboxylic acids is 3. The number of thioether (sulfide) groups is 1. The first kappa shape index (κ1) is 33.4. The molecule has 4 N–H and O–H groups in total. The van der Waals surface area contributed by atoms with Crippen LogP contribution in [0.1, 0.15) is 22.8 Å². The number of nitrogens with one attached hydrogen (secondary N) is 3. The Labute approximate surface area is 282 Å². The van der Waals surface area contributed by atoms with Gasteiger partial charge in [0.2, 0.25) is 5.91 Å². The lowest BCUT2D eigenvalue weighted by atomic mass is 10.1. The summed E-state index contributed by atoms with van der Waals surface area (Å²) in [4.78, 5) is 40.3. The molecule has 5 rings (SSSR count). The molecular weight excluding hydrogens is 626 g/mol. The molecule has 0 spiro atoms. The third-order valence-electron chi connectivity index (χ3n) is 6.92. The molecule has 0 aliphatic rings. The van der Waals surface area contributed by atoms with Crippen LogP contribution in [-0.2, 0) is 9.59 Å². The minimum Gasteiger partial charge on any atom is -0.508 e. The highest BCUT2D eigenvalue weighted by Crippen LogP contribution is 2.29. The fraction of sp³-hybridized carbons (Fsp3) is 0.0789. The summed E-state index contributed by atoms with van der Waals surface area (Å²) in [5, 5.41) is 17.9. The minimum absolute atomic E-state index is 0.00751. The summed E-state index contributed by atoms with van der Waals surface area (Å²) in [5.74, 6) is 0.435. The smallest absolute Gasteiger partial charge is 0.272 e. The third kappa shape index (κ3) is 9.27. The van der Waals surface area contributed by atoms with E-state index < -0.39 is 17.1 Å². The molecule has 242 valence electrons. The van der Waals surface area contributed by atoms with Crippen LogP contribution in [0.25, 0.3) is 6.08 Å². The molecule has 5 aromatic rings. The average molecular weight is 660 g/mol. The Hall–Kier alpha value is -6.00. The lowest BCUT2D eigenvalue weighted by Crippen LogP contribution is -2.30. The zero-order valence-electron chi connectivity index (χ0n) is 26.2. The van der Waals surface area contributed by atoms with E-state index in [1.54, 1.807) is 85.8 Å². The van der Waals surface area contributed by atoms with Crippen LogP contribution in [0.15, 0.2) is 138 Å². The number of carbonyl (C=O) groups is 3. The molecule has 0 fully saturated rings. The van der Waals surface area contributed by atoms with E-state index in [2.05, 4.69) is 16.0 Å². The molecule has 0 aliphatic carbocycles. The molecule has 0 aliphatic heterocycles. The van der Waals surface area contributed by atoms with E-state index in [0.717, 1.165) is 10.6 Å². The van der Waals surface area contributed by atoms with Crippen molar-refractivity contribution in [3.05, 3.63) is 144 Å². The summed E-state index contributed by atoms with van der Waals surface area (Å²) in [7, 11) is 1.44. The fourth-order valence-electron chi connectivity index (χ4n) is 4.50. The second kappa shape index (κ2) is 16.0. The van der Waals surface area contributed by atoms with Crippen LogP contribution in [0.2, 0.25) is 0 Å². The SMILES string of the molecule is COc1cc(O)ccc1/C=C(/NC(=O)c1ccccc1)C(=O)Nc1cccc(SC(C)C(=O)Nc2ccc(Oc3ccccc3)cc2)c1. The van der Waals surface area contributed by atoms with Crippen molar-refractivity contribution >= 4 is 46.9 Å². The number of ether oxygens (including phenoxy) is 2. The number of hydrogen-bond acceptors (Lipinski definition) is 7. The largest absolute Gasteiger partial charge is 0.508 e. The minimum atomic E-state index is -0.581. The number of benzene rings is 5. The van der Waals surface area contributed by atoms with Crippen LogP contribution in [0.4, 0.5) is 11.4 Å². The number of amides is 3. The van der Waals surface area contributed by atoms with E-state index in [4.69, 9.17) is 9.47 Å². The van der Waals surface area contributed by atoms with Gasteiger partial charge in [0.05, 0.1) is 12.4 Å². The summed E-state index contributed by atoms with van der Waals surface area (Å²) < 4.78 is 11.2. The normalized spacial score (nSPS) is 11.6. The van der Waals surface area contributed by atoms with Gasteiger partial charge in [-0.05, 0) is 91.9 Å². The summed E-state index contributed by atoms with van der Waals surface area (Å²) in [6.45, 7) is 1.79. The van der Waals surface area contributed by atoms with Gasteiger partial charge >= 0.3 is 0 Å². The zero-order chi connectivity index (χ0) is 33.9. The second-order valence-electron chi connectivity index (χ2n) is 10.5. The topological polar surface area (TPSA) is 126 Å². The molecular formula is C38H33N3O6S. The van der Waals surface area contributed by atoms with Crippen molar-refractivity contribution in [2.24, 2.45) is 0 Å². The zero-order valence-corrected chi connectivity index (χ0v) is 27.0. The van der Waals surface area contributed by atoms with Crippen molar-refractivity contribution < 1.29 is 29.0 Å². The van der Waals surface area contributed by atoms with Gasteiger partial charge in [-0.15, -0.1) is 11.8 Å². The van der Waals surface area contributed by atoms with Gasteiger partial charge in [0.25, 0.3) is 11.8 Å². The van der Waals surface area contributed by atoms with Crippen molar-refractivity contribution in [3.63, 3.8) is 0 Å². The first-order valence-corrected chi connectivity index (χ1v) is 15.8. The van der Waals surface area contributed by atoms with Crippen LogP contribution in [0.5, 0.6) is 23.0 Å². The van der Waals surface area contributed by atoms with Gasteiger partial charge in [0.15, 0.2) is 0 Å². The van der Waals surface area contributed by atoms with E-state index in [1.165, 1.54) is 37.1 Å². The first-order valence-electron chi connectivity index (χ1n) is 14.9. The molecule has 9 nitrogen and oxygen atoms in total. The monoisotopic (exact) mass is 659 g/mol. The van der Waals surface area contributed by atoms with Crippen molar-refractivity contribution in [2.75, 3.05) is 17.7 Å². The number of anilines is 2. The van der Waals surface area contributed by atoms with E-state index in [-0.39, 0.29) is 17.4 Å². The lowest BCUT2D eigenvalue weighted by molar-refractivity contribution is -0.115. The molecule has 5 aromatic carbocycles. The van der Waals surface area contributed by atoms with E-state index in [1.807, 2.05) is 36.4 Å². The molecule has 1 unspecified atom stereocenters. The lowest BCUT2D eigenvalue weighted by Gasteiger charge is -2.15. The Morgan fingerprint density at radius 3 is 2.15 bits per heavy atom. The quantitative estimate of drug-likeness (QED) is 0.0798. The van der Waals surface area contributed by atoms with E-state index in [0.29, 0.717) is 34.0 Å². The maximum absolute atomic E-state index is 13.6. The predicted octanol–water partition coefficient (Wildman–Crippen LogP) is 7.72. The second-order valence-corrected chi connectivity index (χ2v) is 11.9. The van der Waals surface area contributed by atoms with Crippen LogP contribution in [0, 0.1) is 0 Å². The van der Waals surface area contributed by atoms with Gasteiger partial charge in [-0.2, -0.15) is 0 Å². The molecule has 48 heavy (non-hydrogen) atoms.